The molecule has 6 nitrogen and oxygen atoms in total. The fraction of sp³-hybridized carbons (Fsp3) is 0.650. The number of hydrogen-bond donors (Lipinski definition) is 2. The van der Waals surface area contributed by atoms with Crippen LogP contribution in [-0.4, -0.2) is 42.4 Å². The Hall–Kier alpha value is -1.47. The molecule has 0 radical (unpaired) electrons. The molecular weight excluding hydrogens is 334 g/mol. The molecule has 26 heavy (non-hydrogen) atoms. The Balaban J connectivity index is 1.93. The van der Waals surface area contributed by atoms with Gasteiger partial charge in [0.05, 0.1) is 17.9 Å². The van der Waals surface area contributed by atoms with Crippen molar-refractivity contribution in [3.63, 3.8) is 0 Å². The van der Waals surface area contributed by atoms with Crippen molar-refractivity contribution in [2.24, 2.45) is 0 Å². The Bertz CT molecular complexity index is 581. The number of aliphatic hydroxyl groups excluding tert-OH is 1. The molecule has 1 aromatic carbocycles. The SMILES string of the molecule is CCOC1OC(=O)CC1c1ccc(C(C)NCC(O)OC(C)(C)C)cc1. The first-order valence-corrected chi connectivity index (χ1v) is 9.20. The summed E-state index contributed by atoms with van der Waals surface area (Å²) in [6.07, 6.45) is -1.02. The molecule has 1 heterocycles. The average Bonchev–Trinajstić information content (AvgIpc) is 2.92. The topological polar surface area (TPSA) is 77.0 Å². The minimum Gasteiger partial charge on any atom is -0.435 e. The summed E-state index contributed by atoms with van der Waals surface area (Å²) in [5.41, 5.74) is 1.74. The van der Waals surface area contributed by atoms with Gasteiger partial charge in [0, 0.05) is 19.2 Å². The third-order valence-electron chi connectivity index (χ3n) is 4.25. The van der Waals surface area contributed by atoms with Crippen molar-refractivity contribution < 1.29 is 24.1 Å². The molecule has 4 atom stereocenters. The Morgan fingerprint density at radius 3 is 2.54 bits per heavy atom. The molecule has 1 aliphatic heterocycles. The van der Waals surface area contributed by atoms with E-state index in [2.05, 4.69) is 5.32 Å². The van der Waals surface area contributed by atoms with Gasteiger partial charge in [-0.3, -0.25) is 4.79 Å². The largest absolute Gasteiger partial charge is 0.435 e. The van der Waals surface area contributed by atoms with Gasteiger partial charge in [-0.25, -0.2) is 0 Å². The van der Waals surface area contributed by atoms with Gasteiger partial charge >= 0.3 is 5.97 Å². The summed E-state index contributed by atoms with van der Waals surface area (Å²) in [6.45, 7) is 10.5. The number of cyclic esters (lactones) is 1. The van der Waals surface area contributed by atoms with Crippen LogP contribution in [0.15, 0.2) is 24.3 Å². The third-order valence-corrected chi connectivity index (χ3v) is 4.25. The van der Waals surface area contributed by atoms with Crippen LogP contribution < -0.4 is 5.32 Å². The van der Waals surface area contributed by atoms with E-state index in [0.29, 0.717) is 19.6 Å². The predicted molar refractivity (Wildman–Crippen MR) is 98.6 cm³/mol. The first-order chi connectivity index (χ1) is 12.2. The van der Waals surface area contributed by atoms with Crippen molar-refractivity contribution in [2.75, 3.05) is 13.2 Å². The van der Waals surface area contributed by atoms with Gasteiger partial charge in [-0.05, 0) is 45.7 Å². The zero-order chi connectivity index (χ0) is 19.3. The van der Waals surface area contributed by atoms with Crippen LogP contribution in [0.1, 0.15) is 64.1 Å². The van der Waals surface area contributed by atoms with Gasteiger partial charge in [-0.2, -0.15) is 0 Å². The lowest BCUT2D eigenvalue weighted by atomic mass is 9.95. The van der Waals surface area contributed by atoms with E-state index in [1.807, 2.05) is 58.9 Å². The lowest BCUT2D eigenvalue weighted by Gasteiger charge is -2.25. The fourth-order valence-corrected chi connectivity index (χ4v) is 3.00. The minimum atomic E-state index is -0.856. The van der Waals surface area contributed by atoms with Gasteiger partial charge in [-0.1, -0.05) is 24.3 Å². The second-order valence-electron chi connectivity index (χ2n) is 7.61. The second kappa shape index (κ2) is 8.95. The van der Waals surface area contributed by atoms with Crippen LogP contribution in [0.4, 0.5) is 0 Å². The molecule has 0 bridgehead atoms. The van der Waals surface area contributed by atoms with E-state index in [1.165, 1.54) is 0 Å². The molecule has 146 valence electrons. The van der Waals surface area contributed by atoms with Crippen molar-refractivity contribution >= 4 is 5.97 Å². The molecule has 4 unspecified atom stereocenters. The summed E-state index contributed by atoms with van der Waals surface area (Å²) in [7, 11) is 0. The molecule has 1 aromatic rings. The number of esters is 1. The molecule has 6 heteroatoms. The van der Waals surface area contributed by atoms with Crippen LogP contribution in [0.3, 0.4) is 0 Å². The van der Waals surface area contributed by atoms with Crippen molar-refractivity contribution in [3.05, 3.63) is 35.4 Å². The molecule has 0 aromatic heterocycles. The normalized spacial score (nSPS) is 22.9. The number of carbonyl (C=O) groups excluding carboxylic acids is 1. The van der Waals surface area contributed by atoms with Gasteiger partial charge in [0.1, 0.15) is 0 Å². The number of aliphatic hydroxyl groups is 1. The maximum Gasteiger partial charge on any atom is 0.308 e. The van der Waals surface area contributed by atoms with Crippen LogP contribution in [0.5, 0.6) is 0 Å². The minimum absolute atomic E-state index is 0.0615. The second-order valence-corrected chi connectivity index (χ2v) is 7.61. The zero-order valence-corrected chi connectivity index (χ0v) is 16.3. The summed E-state index contributed by atoms with van der Waals surface area (Å²) < 4.78 is 16.3. The summed E-state index contributed by atoms with van der Waals surface area (Å²) in [5, 5.41) is 13.2. The van der Waals surface area contributed by atoms with Crippen molar-refractivity contribution in [2.45, 2.75) is 71.2 Å². The summed E-state index contributed by atoms with van der Waals surface area (Å²) in [5.74, 6) is -0.290. The monoisotopic (exact) mass is 365 g/mol. The highest BCUT2D eigenvalue weighted by atomic mass is 16.7. The van der Waals surface area contributed by atoms with Crippen molar-refractivity contribution in [3.8, 4) is 0 Å². The number of ether oxygens (including phenoxy) is 3. The molecule has 0 aliphatic carbocycles. The molecule has 1 saturated heterocycles. The number of hydrogen-bond acceptors (Lipinski definition) is 6. The van der Waals surface area contributed by atoms with Gasteiger partial charge in [0.15, 0.2) is 6.29 Å². The Labute approximate surface area is 155 Å². The van der Waals surface area contributed by atoms with Gasteiger partial charge < -0.3 is 24.6 Å². The number of rotatable bonds is 8. The molecule has 2 N–H and O–H groups in total. The highest BCUT2D eigenvalue weighted by Crippen LogP contribution is 2.33. The van der Waals surface area contributed by atoms with E-state index in [9.17, 15) is 9.90 Å². The molecule has 0 spiro atoms. The smallest absolute Gasteiger partial charge is 0.308 e. The average molecular weight is 365 g/mol. The van der Waals surface area contributed by atoms with E-state index in [4.69, 9.17) is 14.2 Å². The highest BCUT2D eigenvalue weighted by molar-refractivity contribution is 5.73. The van der Waals surface area contributed by atoms with E-state index in [0.717, 1.165) is 11.1 Å². The molecule has 1 aliphatic rings. The maximum atomic E-state index is 11.6. The zero-order valence-electron chi connectivity index (χ0n) is 16.3. The number of carbonyl (C=O) groups is 1. The van der Waals surface area contributed by atoms with E-state index < -0.39 is 12.6 Å². The summed E-state index contributed by atoms with van der Waals surface area (Å²) >= 11 is 0. The molecule has 0 amide bonds. The van der Waals surface area contributed by atoms with Crippen LogP contribution in [0.2, 0.25) is 0 Å². The fourth-order valence-electron chi connectivity index (χ4n) is 3.00. The van der Waals surface area contributed by atoms with Crippen LogP contribution >= 0.6 is 0 Å². The van der Waals surface area contributed by atoms with E-state index in [-0.39, 0.29) is 23.5 Å². The van der Waals surface area contributed by atoms with E-state index in [1.54, 1.807) is 0 Å². The molecule has 1 fully saturated rings. The van der Waals surface area contributed by atoms with E-state index >= 15 is 0 Å². The number of nitrogens with one attached hydrogen (secondary N) is 1. The Morgan fingerprint density at radius 2 is 1.96 bits per heavy atom. The van der Waals surface area contributed by atoms with Crippen molar-refractivity contribution in [1.29, 1.82) is 0 Å². The first-order valence-electron chi connectivity index (χ1n) is 9.20. The van der Waals surface area contributed by atoms with Crippen LogP contribution in [0, 0.1) is 0 Å². The first kappa shape index (κ1) is 20.8. The Kier molecular flexibility index (Phi) is 7.17. The molecule has 0 saturated carbocycles. The Morgan fingerprint density at radius 1 is 1.31 bits per heavy atom. The van der Waals surface area contributed by atoms with Crippen LogP contribution in [-0.2, 0) is 19.0 Å². The third kappa shape index (κ3) is 6.06. The standard InChI is InChI=1S/C20H31NO5/c1-6-24-19-16(11-17(22)25-19)15-9-7-14(8-10-15)13(2)21-12-18(23)26-20(3,4)5/h7-10,13,16,18-19,21,23H,6,11-12H2,1-5H3. The van der Waals surface area contributed by atoms with Crippen LogP contribution in [0.25, 0.3) is 0 Å². The maximum absolute atomic E-state index is 11.6. The predicted octanol–water partition coefficient (Wildman–Crippen LogP) is 2.86. The van der Waals surface area contributed by atoms with Gasteiger partial charge in [-0.15, -0.1) is 0 Å². The molecular formula is C20H31NO5. The molecule has 2 rings (SSSR count). The van der Waals surface area contributed by atoms with Gasteiger partial charge in [0.2, 0.25) is 6.29 Å². The quantitative estimate of drug-likeness (QED) is 0.545. The van der Waals surface area contributed by atoms with Crippen molar-refractivity contribution in [1.82, 2.24) is 5.32 Å². The summed E-state index contributed by atoms with van der Waals surface area (Å²) in [4.78, 5) is 11.6. The highest BCUT2D eigenvalue weighted by Gasteiger charge is 2.36. The number of benzene rings is 1. The summed E-state index contributed by atoms with van der Waals surface area (Å²) in [6, 6.07) is 8.13. The van der Waals surface area contributed by atoms with Gasteiger partial charge in [0.25, 0.3) is 0 Å². The lowest BCUT2D eigenvalue weighted by Crippen LogP contribution is -2.36. The lowest BCUT2D eigenvalue weighted by molar-refractivity contribution is -0.163.